The first-order valence-corrected chi connectivity index (χ1v) is 45.3. The van der Waals surface area contributed by atoms with E-state index in [1.165, 1.54) is 6.26 Å². The number of para-hydroxylation sites is 3. The predicted molar refractivity (Wildman–Crippen MR) is 565 cm³/mol. The number of nitriles is 2. The minimum atomic E-state index is 0.217. The average Bonchev–Trinajstić information content (AvgIpc) is 1.54. The second kappa shape index (κ2) is 42.3. The van der Waals surface area contributed by atoms with Gasteiger partial charge >= 0.3 is 0 Å². The number of aryl methyl sites for hydroxylation is 8. The molecule has 0 aliphatic carbocycles. The largest absolute Gasteiger partial charge is 0.508 e. The van der Waals surface area contributed by atoms with Gasteiger partial charge in [0.15, 0.2) is 22.5 Å². The summed E-state index contributed by atoms with van der Waals surface area (Å²) in [7, 11) is 0. The zero-order valence-electron chi connectivity index (χ0n) is 79.8. The highest BCUT2D eigenvalue weighted by atomic mass is 16.5. The zero-order chi connectivity index (χ0) is 101. The molecular formula is C121H95N11O10. The van der Waals surface area contributed by atoms with Crippen molar-refractivity contribution < 1.29 is 49.1 Å². The SMILES string of the molecule is Cc1ccc(-c2cccc3c2cc(C#N)n3C(C)C)cc1O.Cc1ccc(-c2cccc3oc(C#N)cc23)cc1O.[C-]#[N+]c1cc(-c2ccc(C)c(O)c2)c2ccccc2c1.[C-]#[N+]c1cc(-c2ccc(C)c(O)c2)c2ccccc2n1.[C-]#[N+]c1cc(-c2ccc(C)c(O)c2)c2onc(C)c2c1.[C-]#[N+]c1cn(C(C)C)c2c(-c3ccc(C)c(O)c3)cccc12.[C-]#[N+]c1coc2c(-c3ccc(C)c(O)c3)cccc12. The Kier molecular flexibility index (Phi) is 28.9. The van der Waals surface area contributed by atoms with Crippen molar-refractivity contribution in [1.82, 2.24) is 19.3 Å². The standard InChI is InChI=1S/2C19H18N2O.C18H13NO.C17H12N2O.C16H12N2O2.2C16H11NO2/c1-12(2)21-11-17(20-4)16-7-5-6-15(19(16)21)14-9-8-13(3)18(22)10-14;1-12(2)21-15(11-20)10-17-16(5-4-6-18(17)21)14-8-7-13(3)19(22)9-14;1-12-7-8-14(10-18(12)20)17-11-15(19-2)9-13-5-3-4-6-16(13)17;1-11-7-8-12(9-16(11)20)14-10-17(18-2)19-15-6-4-3-5-13(14)15;1-9-4-5-11(6-15(9)19)14-8-12(17-3)7-13-10(2)18-20-16(13)14;1-10-6-7-11(8-15(10)18)12-4-3-5-13-14(17-2)9-19-16(12)13;1-10-5-6-11(7-15(10)18)13-3-2-4-16-14(13)8-12(9-17)19-16/h5-12,22H,1-3H3;4-10,12,22H,1-3H3;3-11,20H,1H3;3-10,20H,1H3;4-8,19H,1-2H3;3-9,18H,1H3;2-8,18H,1H3. The van der Waals surface area contributed by atoms with Crippen molar-refractivity contribution in [3.63, 3.8) is 0 Å². The van der Waals surface area contributed by atoms with E-state index in [9.17, 15) is 41.0 Å². The topological polar surface area (TPSA) is 286 Å². The van der Waals surface area contributed by atoms with Crippen molar-refractivity contribution in [3.8, 4) is 130 Å². The summed E-state index contributed by atoms with van der Waals surface area (Å²) in [6.07, 6.45) is 3.38. The van der Waals surface area contributed by atoms with Crippen molar-refractivity contribution in [2.75, 3.05) is 0 Å². The average molecular weight is 1860 g/mol. The third-order valence-electron chi connectivity index (χ3n) is 24.7. The van der Waals surface area contributed by atoms with Gasteiger partial charge in [-0.2, -0.15) is 10.5 Å². The van der Waals surface area contributed by atoms with Crippen LogP contribution in [0.2, 0.25) is 0 Å². The molecule has 0 aliphatic rings. The monoisotopic (exact) mass is 1860 g/mol. The van der Waals surface area contributed by atoms with Gasteiger partial charge in [0.25, 0.3) is 5.82 Å². The summed E-state index contributed by atoms with van der Waals surface area (Å²) in [5.74, 6) is 2.51. The normalized spacial score (nSPS) is 10.7. The van der Waals surface area contributed by atoms with Gasteiger partial charge in [-0.1, -0.05) is 200 Å². The molecule has 0 fully saturated rings. The van der Waals surface area contributed by atoms with E-state index in [-0.39, 0.29) is 40.8 Å². The molecule has 0 unspecified atom stereocenters. The smallest absolute Gasteiger partial charge is 0.270 e. The summed E-state index contributed by atoms with van der Waals surface area (Å²) in [4.78, 5) is 21.8. The molecule has 0 bridgehead atoms. The first-order valence-electron chi connectivity index (χ1n) is 45.3. The number of aromatic hydroxyl groups is 7. The van der Waals surface area contributed by atoms with Crippen LogP contribution in [0.5, 0.6) is 40.2 Å². The second-order valence-electron chi connectivity index (χ2n) is 34.8. The van der Waals surface area contributed by atoms with E-state index in [0.29, 0.717) is 68.3 Å². The van der Waals surface area contributed by atoms with E-state index in [1.807, 2.05) is 297 Å². The number of nitrogens with zero attached hydrogens (tertiary/aromatic N) is 11. The molecule has 21 heteroatoms. The number of phenols is 7. The van der Waals surface area contributed by atoms with Gasteiger partial charge in [-0.3, -0.25) is 0 Å². The molecule has 7 N–H and O–H groups in total. The summed E-state index contributed by atoms with van der Waals surface area (Å²) in [5, 5.41) is 99.1. The van der Waals surface area contributed by atoms with Gasteiger partial charge in [0, 0.05) is 84.4 Å². The third kappa shape index (κ3) is 20.6. The van der Waals surface area contributed by atoms with Gasteiger partial charge in [-0.05, 0) is 291 Å². The lowest BCUT2D eigenvalue weighted by Gasteiger charge is -2.14. The summed E-state index contributed by atoms with van der Waals surface area (Å²) < 4.78 is 20.5. The minimum absolute atomic E-state index is 0.217. The maximum atomic E-state index is 10.0. The number of hydrogen-bond acceptors (Lipinski definition) is 14. The second-order valence-corrected chi connectivity index (χ2v) is 34.8. The Morgan fingerprint density at radius 1 is 0.345 bits per heavy atom. The molecule has 6 heterocycles. The van der Waals surface area contributed by atoms with Gasteiger partial charge in [-0.25, -0.2) is 19.4 Å². The van der Waals surface area contributed by atoms with E-state index in [2.05, 4.69) is 72.7 Å². The van der Waals surface area contributed by atoms with Crippen LogP contribution in [-0.4, -0.2) is 55.0 Å². The first kappa shape index (κ1) is 97.2. The Balaban J connectivity index is 0.000000125. The van der Waals surface area contributed by atoms with Crippen molar-refractivity contribution >= 4 is 105 Å². The maximum Gasteiger partial charge on any atom is 0.270 e. The molecule has 0 saturated carbocycles. The molecule has 142 heavy (non-hydrogen) atoms. The highest BCUT2D eigenvalue weighted by molar-refractivity contribution is 6.05. The number of benzene rings is 15. The lowest BCUT2D eigenvalue weighted by atomic mass is 9.96. The summed E-state index contributed by atoms with van der Waals surface area (Å²) in [6.45, 7) is 59.3. The molecule has 6 aromatic heterocycles. The fourth-order valence-electron chi connectivity index (χ4n) is 16.8. The third-order valence-corrected chi connectivity index (χ3v) is 24.7. The maximum absolute atomic E-state index is 10.0. The van der Waals surface area contributed by atoms with Crippen molar-refractivity contribution in [3.05, 3.63) is 417 Å². The van der Waals surface area contributed by atoms with Crippen molar-refractivity contribution in [2.45, 2.75) is 95.2 Å². The molecule has 21 nitrogen and oxygen atoms in total. The number of phenolic OH excluding ortho intramolecular Hbond substituents is 7. The summed E-state index contributed by atoms with van der Waals surface area (Å²) in [6, 6.07) is 95.6. The molecule has 0 spiro atoms. The molecule has 694 valence electrons. The molecule has 0 radical (unpaired) electrons. The van der Waals surface area contributed by atoms with E-state index in [1.54, 1.807) is 66.7 Å². The zero-order valence-corrected chi connectivity index (χ0v) is 79.8. The lowest BCUT2D eigenvalue weighted by molar-refractivity contribution is 0.451. The molecule has 15 aromatic carbocycles. The number of aromatic nitrogens is 4. The minimum Gasteiger partial charge on any atom is -0.508 e. The van der Waals surface area contributed by atoms with E-state index in [4.69, 9.17) is 51.5 Å². The molecule has 0 saturated heterocycles. The molecule has 21 rings (SSSR count). The van der Waals surface area contributed by atoms with Crippen molar-refractivity contribution in [2.24, 2.45) is 0 Å². The van der Waals surface area contributed by atoms with Crippen LogP contribution in [0, 0.1) is 111 Å². The molecular weight excluding hydrogens is 1770 g/mol. The van der Waals surface area contributed by atoms with E-state index < -0.39 is 0 Å². The highest BCUT2D eigenvalue weighted by Crippen LogP contribution is 2.45. The first-order chi connectivity index (χ1) is 68.4. The number of hydrogen-bond donors (Lipinski definition) is 7. The Bertz CT molecular complexity index is 8610. The molecule has 0 atom stereocenters. The Morgan fingerprint density at radius 3 is 1.28 bits per heavy atom. The summed E-state index contributed by atoms with van der Waals surface area (Å²) in [5.41, 5.74) is 27.3. The number of rotatable bonds is 9. The van der Waals surface area contributed by atoms with Crippen LogP contribution >= 0.6 is 0 Å². The van der Waals surface area contributed by atoms with Gasteiger partial charge in [-0.15, -0.1) is 4.98 Å². The van der Waals surface area contributed by atoms with Crippen LogP contribution in [-0.2, 0) is 0 Å². The van der Waals surface area contributed by atoms with Crippen LogP contribution in [0.4, 0.5) is 28.6 Å². The molecule has 0 amide bonds. The van der Waals surface area contributed by atoms with Gasteiger partial charge in [0.1, 0.15) is 69.2 Å². The predicted octanol–water partition coefficient (Wildman–Crippen LogP) is 32.8. The number of pyridine rings is 1. The van der Waals surface area contributed by atoms with Crippen molar-refractivity contribution in [1.29, 1.82) is 10.5 Å². The van der Waals surface area contributed by atoms with Crippen LogP contribution in [0.1, 0.15) is 95.9 Å². The Hall–Kier alpha value is -19.4. The van der Waals surface area contributed by atoms with Gasteiger partial charge < -0.3 is 63.1 Å². The quantitative estimate of drug-likeness (QED) is 0.0662. The fraction of sp³-hybridized carbons (Fsp3) is 0.116. The van der Waals surface area contributed by atoms with Crippen LogP contribution < -0.4 is 0 Å². The number of furan rings is 2. The van der Waals surface area contributed by atoms with E-state index in [0.717, 1.165) is 182 Å². The highest BCUT2D eigenvalue weighted by Gasteiger charge is 2.22. The number of fused-ring (bicyclic) bond motifs is 7. The fourth-order valence-corrected chi connectivity index (χ4v) is 16.8. The van der Waals surface area contributed by atoms with Gasteiger partial charge in [0.05, 0.1) is 38.2 Å². The summed E-state index contributed by atoms with van der Waals surface area (Å²) >= 11 is 0. The van der Waals surface area contributed by atoms with Crippen LogP contribution in [0.3, 0.4) is 0 Å². The lowest BCUT2D eigenvalue weighted by Crippen LogP contribution is -2.02. The Morgan fingerprint density at radius 2 is 0.782 bits per heavy atom. The van der Waals surface area contributed by atoms with Crippen LogP contribution in [0.25, 0.3) is 179 Å². The Labute approximate surface area is 821 Å². The van der Waals surface area contributed by atoms with Crippen LogP contribution in [0.15, 0.2) is 317 Å². The van der Waals surface area contributed by atoms with Gasteiger partial charge in [0.2, 0.25) is 17.1 Å². The molecule has 0 aliphatic heterocycles. The molecule has 21 aromatic rings. The van der Waals surface area contributed by atoms with E-state index >= 15 is 0 Å².